The minimum absolute atomic E-state index is 0.291. The van der Waals surface area contributed by atoms with Crippen LogP contribution in [0.3, 0.4) is 0 Å². The molecule has 0 spiro atoms. The molecule has 8 heteroatoms. The van der Waals surface area contributed by atoms with Crippen LogP contribution in [0.15, 0.2) is 64.4 Å². The number of methoxy groups -OCH3 is 1. The second kappa shape index (κ2) is 9.18. The van der Waals surface area contributed by atoms with Crippen molar-refractivity contribution >= 4 is 29.5 Å². The highest BCUT2D eigenvalue weighted by molar-refractivity contribution is 7.99. The molecular weight excluding hydrogens is 412 g/mol. The SMILES string of the molecule is CCOC(=O)/C(=C\c1ccc(C)cc1)C1=Nn2c(nnc2-c2ccc(OC)cc2)SC1. The number of carbonyl (C=O) groups is 1. The summed E-state index contributed by atoms with van der Waals surface area (Å²) in [4.78, 5) is 12.8. The van der Waals surface area contributed by atoms with E-state index >= 15 is 0 Å². The van der Waals surface area contributed by atoms with E-state index in [1.54, 1.807) is 18.7 Å². The first-order valence-electron chi connectivity index (χ1n) is 9.85. The summed E-state index contributed by atoms with van der Waals surface area (Å²) in [5, 5.41) is 14.0. The lowest BCUT2D eigenvalue weighted by molar-refractivity contribution is -0.137. The van der Waals surface area contributed by atoms with Crippen molar-refractivity contribution in [1.29, 1.82) is 0 Å². The van der Waals surface area contributed by atoms with E-state index in [0.717, 1.165) is 22.4 Å². The molecule has 158 valence electrons. The van der Waals surface area contributed by atoms with E-state index in [1.807, 2.05) is 61.5 Å². The summed E-state index contributed by atoms with van der Waals surface area (Å²) in [6.07, 6.45) is 1.82. The van der Waals surface area contributed by atoms with E-state index in [-0.39, 0.29) is 0 Å². The van der Waals surface area contributed by atoms with Gasteiger partial charge in [0.15, 0.2) is 5.82 Å². The summed E-state index contributed by atoms with van der Waals surface area (Å²) >= 11 is 1.48. The van der Waals surface area contributed by atoms with Crippen molar-refractivity contribution in [3.05, 3.63) is 65.2 Å². The number of rotatable bonds is 6. The lowest BCUT2D eigenvalue weighted by Gasteiger charge is -2.16. The highest BCUT2D eigenvalue weighted by Gasteiger charge is 2.25. The van der Waals surface area contributed by atoms with E-state index in [0.29, 0.717) is 34.6 Å². The molecule has 0 fully saturated rings. The van der Waals surface area contributed by atoms with Gasteiger partial charge in [0.1, 0.15) is 5.75 Å². The summed E-state index contributed by atoms with van der Waals surface area (Å²) in [7, 11) is 1.62. The van der Waals surface area contributed by atoms with Gasteiger partial charge in [-0.05, 0) is 49.8 Å². The number of esters is 1. The molecule has 0 radical (unpaired) electrons. The maximum Gasteiger partial charge on any atom is 0.340 e. The number of benzene rings is 2. The molecule has 1 aromatic heterocycles. The highest BCUT2D eigenvalue weighted by atomic mass is 32.2. The Morgan fingerprint density at radius 1 is 1.13 bits per heavy atom. The molecule has 0 unspecified atom stereocenters. The normalized spacial score (nSPS) is 13.4. The van der Waals surface area contributed by atoms with Gasteiger partial charge in [-0.15, -0.1) is 10.2 Å². The monoisotopic (exact) mass is 434 g/mol. The number of fused-ring (bicyclic) bond motifs is 1. The Labute approximate surface area is 184 Å². The molecule has 31 heavy (non-hydrogen) atoms. The Hall–Kier alpha value is -3.39. The van der Waals surface area contributed by atoms with Crippen molar-refractivity contribution in [3.8, 4) is 17.1 Å². The van der Waals surface area contributed by atoms with Gasteiger partial charge in [-0.3, -0.25) is 0 Å². The number of thioether (sulfide) groups is 1. The maximum absolute atomic E-state index is 12.8. The molecule has 0 saturated carbocycles. The van der Waals surface area contributed by atoms with E-state index in [2.05, 4.69) is 10.2 Å². The lowest BCUT2D eigenvalue weighted by atomic mass is 10.1. The average Bonchev–Trinajstić information content (AvgIpc) is 3.22. The minimum atomic E-state index is -0.398. The number of hydrogen-bond donors (Lipinski definition) is 0. The molecule has 3 aromatic rings. The van der Waals surface area contributed by atoms with Gasteiger partial charge in [-0.1, -0.05) is 41.6 Å². The molecule has 2 heterocycles. The smallest absolute Gasteiger partial charge is 0.340 e. The third kappa shape index (κ3) is 4.54. The predicted octanol–water partition coefficient (Wildman–Crippen LogP) is 4.22. The van der Waals surface area contributed by atoms with Crippen LogP contribution in [0.25, 0.3) is 17.5 Å². The van der Waals surface area contributed by atoms with Crippen LogP contribution in [-0.4, -0.2) is 46.0 Å². The topological polar surface area (TPSA) is 78.6 Å². The molecule has 1 aliphatic rings. The zero-order valence-corrected chi connectivity index (χ0v) is 18.3. The molecule has 0 saturated heterocycles. The third-order valence-corrected chi connectivity index (χ3v) is 5.64. The van der Waals surface area contributed by atoms with E-state index in [9.17, 15) is 4.79 Å². The van der Waals surface area contributed by atoms with Gasteiger partial charge in [-0.2, -0.15) is 9.78 Å². The van der Waals surface area contributed by atoms with Gasteiger partial charge >= 0.3 is 5.97 Å². The first-order valence-corrected chi connectivity index (χ1v) is 10.8. The first-order chi connectivity index (χ1) is 15.1. The molecule has 2 aromatic carbocycles. The van der Waals surface area contributed by atoms with Crippen LogP contribution >= 0.6 is 11.8 Å². The zero-order valence-electron chi connectivity index (χ0n) is 17.5. The number of ether oxygens (including phenoxy) is 2. The van der Waals surface area contributed by atoms with Crippen molar-refractivity contribution < 1.29 is 14.3 Å². The first kappa shape index (κ1) is 20.9. The Morgan fingerprint density at radius 2 is 1.87 bits per heavy atom. The van der Waals surface area contributed by atoms with Gasteiger partial charge in [-0.25, -0.2) is 4.79 Å². The van der Waals surface area contributed by atoms with Crippen LogP contribution in [0.4, 0.5) is 0 Å². The summed E-state index contributed by atoms with van der Waals surface area (Å²) < 4.78 is 12.2. The van der Waals surface area contributed by atoms with Crippen molar-refractivity contribution in [2.24, 2.45) is 5.10 Å². The molecule has 0 bridgehead atoms. The van der Waals surface area contributed by atoms with Crippen LogP contribution in [0, 0.1) is 6.92 Å². The molecule has 0 aliphatic carbocycles. The number of carbonyl (C=O) groups excluding carboxylic acids is 1. The number of aryl methyl sites for hydroxylation is 1. The van der Waals surface area contributed by atoms with Gasteiger partial charge in [0, 0.05) is 11.3 Å². The van der Waals surface area contributed by atoms with Crippen LogP contribution in [0.5, 0.6) is 5.75 Å². The number of nitrogens with zero attached hydrogens (tertiary/aromatic N) is 4. The van der Waals surface area contributed by atoms with Crippen molar-refractivity contribution in [1.82, 2.24) is 14.9 Å². The van der Waals surface area contributed by atoms with Crippen molar-refractivity contribution in [3.63, 3.8) is 0 Å². The Kier molecular flexibility index (Phi) is 6.18. The molecule has 1 aliphatic heterocycles. The van der Waals surface area contributed by atoms with E-state index < -0.39 is 5.97 Å². The number of aromatic nitrogens is 3. The fraction of sp³-hybridized carbons (Fsp3) is 0.217. The van der Waals surface area contributed by atoms with Crippen LogP contribution < -0.4 is 4.74 Å². The molecular formula is C23H22N4O3S. The Morgan fingerprint density at radius 3 is 2.55 bits per heavy atom. The molecule has 4 rings (SSSR count). The summed E-state index contributed by atoms with van der Waals surface area (Å²) in [6.45, 7) is 4.11. The Bertz CT molecular complexity index is 1150. The maximum atomic E-state index is 12.8. The standard InChI is InChI=1S/C23H22N4O3S/c1-4-30-22(28)19(13-16-7-5-15(2)6-8-16)20-14-31-23-25-24-21(27(23)26-20)17-9-11-18(29-3)12-10-17/h5-13H,4,14H2,1-3H3/b19-13-. The molecule has 0 N–H and O–H groups in total. The molecule has 0 amide bonds. The van der Waals surface area contributed by atoms with Crippen LogP contribution in [-0.2, 0) is 9.53 Å². The highest BCUT2D eigenvalue weighted by Crippen LogP contribution is 2.30. The van der Waals surface area contributed by atoms with E-state index in [1.165, 1.54) is 11.8 Å². The zero-order chi connectivity index (χ0) is 21.8. The third-order valence-electron chi connectivity index (χ3n) is 4.71. The fourth-order valence-corrected chi connectivity index (χ4v) is 3.91. The Balaban J connectivity index is 1.75. The second-order valence-corrected chi connectivity index (χ2v) is 7.81. The van der Waals surface area contributed by atoms with Crippen LogP contribution in [0.1, 0.15) is 18.1 Å². The van der Waals surface area contributed by atoms with Gasteiger partial charge in [0.2, 0.25) is 5.16 Å². The van der Waals surface area contributed by atoms with Gasteiger partial charge < -0.3 is 9.47 Å². The fourth-order valence-electron chi connectivity index (χ4n) is 3.08. The summed E-state index contributed by atoms with van der Waals surface area (Å²) in [5.74, 6) is 1.45. The quantitative estimate of drug-likeness (QED) is 0.427. The molecule has 7 nitrogen and oxygen atoms in total. The van der Waals surface area contributed by atoms with Crippen molar-refractivity contribution in [2.45, 2.75) is 19.0 Å². The summed E-state index contributed by atoms with van der Waals surface area (Å²) in [6, 6.07) is 15.5. The predicted molar refractivity (Wildman–Crippen MR) is 121 cm³/mol. The summed E-state index contributed by atoms with van der Waals surface area (Å²) in [5.41, 5.74) is 3.96. The minimum Gasteiger partial charge on any atom is -0.497 e. The van der Waals surface area contributed by atoms with Crippen LogP contribution in [0.2, 0.25) is 0 Å². The average molecular weight is 435 g/mol. The van der Waals surface area contributed by atoms with Crippen molar-refractivity contribution in [2.75, 3.05) is 19.5 Å². The lowest BCUT2D eigenvalue weighted by Crippen LogP contribution is -2.21. The van der Waals surface area contributed by atoms with Gasteiger partial charge in [0.25, 0.3) is 0 Å². The van der Waals surface area contributed by atoms with E-state index in [4.69, 9.17) is 14.6 Å². The second-order valence-electron chi connectivity index (χ2n) is 6.87. The number of hydrogen-bond acceptors (Lipinski definition) is 7. The largest absolute Gasteiger partial charge is 0.497 e. The van der Waals surface area contributed by atoms with Gasteiger partial charge in [0.05, 0.1) is 25.0 Å². The molecule has 0 atom stereocenters.